The van der Waals surface area contributed by atoms with Gasteiger partial charge in [-0.15, -0.1) is 0 Å². The number of hydrogen-bond donors (Lipinski definition) is 0. The summed E-state index contributed by atoms with van der Waals surface area (Å²) in [6.45, 7) is 2.99. The fourth-order valence-electron chi connectivity index (χ4n) is 3.13. The largest absolute Gasteiger partial charge is 0.492 e. The third-order valence-electron chi connectivity index (χ3n) is 4.20. The molecule has 3 rings (SSSR count). The van der Waals surface area contributed by atoms with Crippen molar-refractivity contribution in [2.45, 2.75) is 25.8 Å². The van der Waals surface area contributed by atoms with E-state index in [-0.39, 0.29) is 23.5 Å². The van der Waals surface area contributed by atoms with Gasteiger partial charge in [0.1, 0.15) is 5.75 Å². The van der Waals surface area contributed by atoms with Crippen LogP contribution < -0.4 is 4.74 Å². The second kappa shape index (κ2) is 5.33. The maximum absolute atomic E-state index is 12.8. The van der Waals surface area contributed by atoms with Gasteiger partial charge in [0.25, 0.3) is 5.91 Å². The molecule has 1 aromatic carbocycles. The quantitative estimate of drug-likeness (QED) is 0.843. The number of sulfone groups is 1. The molecule has 1 aromatic rings. The fraction of sp³-hybridized carbons (Fsp3) is 0.533. The highest BCUT2D eigenvalue weighted by atomic mass is 32.2. The number of benzene rings is 1. The third-order valence-corrected chi connectivity index (χ3v) is 5.95. The Kier molecular flexibility index (Phi) is 3.65. The Morgan fingerprint density at radius 2 is 2.24 bits per heavy atom. The molecule has 6 heteroatoms. The van der Waals surface area contributed by atoms with Gasteiger partial charge in [-0.05, 0) is 25.0 Å². The Hall–Kier alpha value is -1.56. The summed E-state index contributed by atoms with van der Waals surface area (Å²) in [4.78, 5) is 14.5. The molecule has 0 aromatic heterocycles. The summed E-state index contributed by atoms with van der Waals surface area (Å²) in [5, 5.41) is 0. The molecule has 0 radical (unpaired) electrons. The number of rotatable bonds is 3. The molecule has 0 aliphatic carbocycles. The first-order valence-electron chi connectivity index (χ1n) is 7.28. The zero-order valence-electron chi connectivity index (χ0n) is 12.0. The summed E-state index contributed by atoms with van der Waals surface area (Å²) in [6.07, 6.45) is 1.35. The lowest BCUT2D eigenvalue weighted by molar-refractivity contribution is 0.0705. The van der Waals surface area contributed by atoms with Crippen molar-refractivity contribution in [1.29, 1.82) is 0 Å². The van der Waals surface area contributed by atoms with Gasteiger partial charge in [-0.3, -0.25) is 4.79 Å². The van der Waals surface area contributed by atoms with Crippen molar-refractivity contribution in [3.63, 3.8) is 0 Å². The van der Waals surface area contributed by atoms with Crippen LogP contribution in [0.1, 0.15) is 29.3 Å². The van der Waals surface area contributed by atoms with Crippen LogP contribution in [0.5, 0.6) is 5.75 Å². The monoisotopic (exact) mass is 309 g/mol. The number of carbonyl (C=O) groups is 1. The van der Waals surface area contributed by atoms with E-state index in [4.69, 9.17) is 4.74 Å². The van der Waals surface area contributed by atoms with Crippen LogP contribution in [0.2, 0.25) is 0 Å². The third kappa shape index (κ3) is 2.64. The van der Waals surface area contributed by atoms with Crippen LogP contribution in [-0.4, -0.2) is 49.9 Å². The Morgan fingerprint density at radius 3 is 2.90 bits per heavy atom. The molecule has 2 aliphatic heterocycles. The van der Waals surface area contributed by atoms with E-state index >= 15 is 0 Å². The maximum Gasteiger partial charge on any atom is 0.257 e. The van der Waals surface area contributed by atoms with E-state index < -0.39 is 9.84 Å². The van der Waals surface area contributed by atoms with Crippen LogP contribution in [0.4, 0.5) is 0 Å². The van der Waals surface area contributed by atoms with Gasteiger partial charge in [-0.1, -0.05) is 12.1 Å². The van der Waals surface area contributed by atoms with E-state index in [1.54, 1.807) is 11.0 Å². The highest BCUT2D eigenvalue weighted by Gasteiger charge is 2.35. The van der Waals surface area contributed by atoms with Gasteiger partial charge in [-0.2, -0.15) is 0 Å². The van der Waals surface area contributed by atoms with Crippen molar-refractivity contribution in [2.75, 3.05) is 24.7 Å². The molecule has 0 bridgehead atoms. The molecule has 1 fully saturated rings. The normalized spacial score (nSPS) is 22.6. The Morgan fingerprint density at radius 1 is 1.43 bits per heavy atom. The molecule has 114 valence electrons. The number of nitrogens with zero attached hydrogens (tertiary/aromatic N) is 1. The van der Waals surface area contributed by atoms with Crippen LogP contribution in [0.25, 0.3) is 0 Å². The summed E-state index contributed by atoms with van der Waals surface area (Å²) < 4.78 is 28.9. The zero-order valence-corrected chi connectivity index (χ0v) is 12.9. The highest BCUT2D eigenvalue weighted by Crippen LogP contribution is 2.31. The van der Waals surface area contributed by atoms with E-state index in [1.165, 1.54) is 0 Å². The minimum Gasteiger partial charge on any atom is -0.492 e. The van der Waals surface area contributed by atoms with Crippen molar-refractivity contribution >= 4 is 15.7 Å². The fourth-order valence-corrected chi connectivity index (χ4v) is 4.86. The molecule has 0 spiro atoms. The summed E-state index contributed by atoms with van der Waals surface area (Å²) in [5.41, 5.74) is 1.60. The summed E-state index contributed by atoms with van der Waals surface area (Å²) in [6, 6.07) is 5.37. The second-order valence-corrected chi connectivity index (χ2v) is 7.77. The number of carbonyl (C=O) groups excluding carboxylic acids is 1. The molecule has 2 aliphatic rings. The maximum atomic E-state index is 12.8. The van der Waals surface area contributed by atoms with Gasteiger partial charge < -0.3 is 9.64 Å². The highest BCUT2D eigenvalue weighted by molar-refractivity contribution is 7.91. The number of fused-ring (bicyclic) bond motifs is 1. The van der Waals surface area contributed by atoms with E-state index in [9.17, 15) is 13.2 Å². The minimum absolute atomic E-state index is 0.0719. The molecule has 1 atom stereocenters. The zero-order chi connectivity index (χ0) is 15.0. The first kappa shape index (κ1) is 14.4. The van der Waals surface area contributed by atoms with E-state index in [1.807, 2.05) is 19.1 Å². The van der Waals surface area contributed by atoms with Gasteiger partial charge in [0, 0.05) is 19.0 Å². The Bertz CT molecular complexity index is 668. The van der Waals surface area contributed by atoms with Gasteiger partial charge in [0.15, 0.2) is 9.84 Å². The molecule has 2 heterocycles. The Balaban J connectivity index is 1.88. The van der Waals surface area contributed by atoms with E-state index in [2.05, 4.69) is 0 Å². The lowest BCUT2D eigenvalue weighted by Gasteiger charge is -2.27. The summed E-state index contributed by atoms with van der Waals surface area (Å²) in [7, 11) is -3.00. The average molecular weight is 309 g/mol. The predicted octanol–water partition coefficient (Wildman–Crippen LogP) is 1.27. The van der Waals surface area contributed by atoms with Crippen molar-refractivity contribution in [3.8, 4) is 5.75 Å². The SMILES string of the molecule is CCN(C(=O)c1cccc2c1OCC2)[C@@H]1CCS(=O)(=O)C1. The molecule has 1 amide bonds. The number of para-hydroxylation sites is 1. The van der Waals surface area contributed by atoms with Crippen molar-refractivity contribution in [3.05, 3.63) is 29.3 Å². The van der Waals surface area contributed by atoms with E-state index in [0.717, 1.165) is 12.0 Å². The van der Waals surface area contributed by atoms with Crippen molar-refractivity contribution in [1.82, 2.24) is 4.90 Å². The van der Waals surface area contributed by atoms with Gasteiger partial charge in [0.2, 0.25) is 0 Å². The second-order valence-electron chi connectivity index (χ2n) is 5.54. The minimum atomic E-state index is -3.00. The standard InChI is InChI=1S/C15H19NO4S/c1-2-16(12-7-9-21(18,19)10-12)15(17)13-5-3-4-11-6-8-20-14(11)13/h3-5,12H,2,6-10H2,1H3/t12-/m1/s1. The predicted molar refractivity (Wildman–Crippen MR) is 79.4 cm³/mol. The molecular formula is C15H19NO4S. The molecule has 5 nitrogen and oxygen atoms in total. The number of ether oxygens (including phenoxy) is 1. The van der Waals surface area contributed by atoms with Gasteiger partial charge in [0.05, 0.1) is 23.7 Å². The van der Waals surface area contributed by atoms with Gasteiger partial charge in [-0.25, -0.2) is 8.42 Å². The van der Waals surface area contributed by atoms with Crippen LogP contribution >= 0.6 is 0 Å². The molecular weight excluding hydrogens is 290 g/mol. The van der Waals surface area contributed by atoms with Crippen LogP contribution in [0.3, 0.4) is 0 Å². The first-order chi connectivity index (χ1) is 10.0. The van der Waals surface area contributed by atoms with Crippen molar-refractivity contribution < 1.29 is 17.9 Å². The molecule has 21 heavy (non-hydrogen) atoms. The van der Waals surface area contributed by atoms with Crippen LogP contribution in [0.15, 0.2) is 18.2 Å². The first-order valence-corrected chi connectivity index (χ1v) is 9.10. The molecule has 0 saturated carbocycles. The van der Waals surface area contributed by atoms with Crippen molar-refractivity contribution in [2.24, 2.45) is 0 Å². The lowest BCUT2D eigenvalue weighted by Crippen LogP contribution is -2.41. The Labute approximate surface area is 124 Å². The molecule has 0 unspecified atom stereocenters. The topological polar surface area (TPSA) is 63.7 Å². The van der Waals surface area contributed by atoms with Crippen LogP contribution in [0, 0.1) is 0 Å². The molecule has 0 N–H and O–H groups in total. The summed E-state index contributed by atoms with van der Waals surface area (Å²) >= 11 is 0. The molecule has 1 saturated heterocycles. The number of hydrogen-bond acceptors (Lipinski definition) is 4. The van der Waals surface area contributed by atoms with Crippen LogP contribution in [-0.2, 0) is 16.3 Å². The van der Waals surface area contributed by atoms with E-state index in [0.29, 0.717) is 30.9 Å². The lowest BCUT2D eigenvalue weighted by atomic mass is 10.1. The number of amides is 1. The summed E-state index contributed by atoms with van der Waals surface area (Å²) in [5.74, 6) is 0.785. The average Bonchev–Trinajstić information content (AvgIpc) is 3.05. The van der Waals surface area contributed by atoms with Gasteiger partial charge >= 0.3 is 0 Å². The smallest absolute Gasteiger partial charge is 0.257 e.